The number of carbonyl (C=O) groups excluding carboxylic acids is 2. The molecule has 1 heterocycles. The van der Waals surface area contributed by atoms with Crippen molar-refractivity contribution in [3.8, 4) is 5.75 Å². The minimum absolute atomic E-state index is 0.0198. The number of halogens is 1. The molecule has 138 valence electrons. The number of Topliss-reactive ketones (excluding diaryl/α,β-unsaturated/α-hetero) is 1. The van der Waals surface area contributed by atoms with Gasteiger partial charge in [0, 0.05) is 36.8 Å². The lowest BCUT2D eigenvalue weighted by Crippen LogP contribution is -2.26. The molecule has 7 nitrogen and oxygen atoms in total. The number of hydrogen-bond acceptors (Lipinski definition) is 6. The Kier molecular flexibility index (Phi) is 6.79. The Morgan fingerprint density at radius 3 is 2.69 bits per heavy atom. The third kappa shape index (κ3) is 5.35. The molecule has 0 radical (unpaired) electrons. The van der Waals surface area contributed by atoms with Crippen LogP contribution in [0.3, 0.4) is 0 Å². The molecule has 0 aliphatic rings. The number of hydrogen-bond donors (Lipinski definition) is 2. The Morgan fingerprint density at radius 2 is 2.08 bits per heavy atom. The van der Waals surface area contributed by atoms with E-state index in [9.17, 15) is 18.8 Å². The van der Waals surface area contributed by atoms with Crippen LogP contribution in [0.5, 0.6) is 5.75 Å². The number of thiazole rings is 1. The minimum atomic E-state index is -1.09. The molecule has 2 aromatic rings. The lowest BCUT2D eigenvalue weighted by Gasteiger charge is -2.06. The van der Waals surface area contributed by atoms with Crippen molar-refractivity contribution in [3.63, 3.8) is 0 Å². The zero-order valence-electron chi connectivity index (χ0n) is 14.0. The zero-order chi connectivity index (χ0) is 19.1. The summed E-state index contributed by atoms with van der Waals surface area (Å²) in [6.45, 7) is 0.288. The molecule has 0 unspecified atom stereocenters. The summed E-state index contributed by atoms with van der Waals surface area (Å²) in [7, 11) is 1.33. The number of amides is 1. The summed E-state index contributed by atoms with van der Waals surface area (Å²) in [5, 5.41) is 13.5. The molecule has 9 heteroatoms. The molecule has 0 saturated carbocycles. The average Bonchev–Trinajstić information content (AvgIpc) is 3.08. The van der Waals surface area contributed by atoms with Crippen molar-refractivity contribution in [2.75, 3.05) is 13.7 Å². The summed E-state index contributed by atoms with van der Waals surface area (Å²) in [4.78, 5) is 38.4. The standard InChI is InChI=1S/C17H17FN2O5S/c1-25-14-4-2-10(8-11(14)18)13(21)3-5-15(22)19-7-6-16-20-12(9-26-16)17(23)24/h2,4,8-9H,3,5-7H2,1H3,(H,19,22)(H,23,24). The van der Waals surface area contributed by atoms with Crippen LogP contribution in [0, 0.1) is 5.82 Å². The molecule has 0 saturated heterocycles. The van der Waals surface area contributed by atoms with Gasteiger partial charge in [0.15, 0.2) is 23.0 Å². The summed E-state index contributed by atoms with van der Waals surface area (Å²) in [6.07, 6.45) is 0.337. The maximum Gasteiger partial charge on any atom is 0.355 e. The minimum Gasteiger partial charge on any atom is -0.494 e. The van der Waals surface area contributed by atoms with Gasteiger partial charge in [-0.25, -0.2) is 14.2 Å². The first-order valence-corrected chi connectivity index (χ1v) is 8.59. The molecule has 1 amide bonds. The molecule has 2 rings (SSSR count). The van der Waals surface area contributed by atoms with Crippen LogP contribution in [0.25, 0.3) is 0 Å². The normalized spacial score (nSPS) is 10.4. The van der Waals surface area contributed by atoms with Crippen LogP contribution in [-0.2, 0) is 11.2 Å². The first kappa shape index (κ1) is 19.5. The molecular formula is C17H17FN2O5S. The van der Waals surface area contributed by atoms with Gasteiger partial charge in [-0.2, -0.15) is 0 Å². The first-order chi connectivity index (χ1) is 12.4. The van der Waals surface area contributed by atoms with Crippen LogP contribution in [0.15, 0.2) is 23.6 Å². The molecule has 1 aromatic carbocycles. The maximum atomic E-state index is 13.6. The molecule has 0 bridgehead atoms. The highest BCUT2D eigenvalue weighted by Gasteiger charge is 2.13. The monoisotopic (exact) mass is 380 g/mol. The summed E-state index contributed by atoms with van der Waals surface area (Å²) in [5.41, 5.74) is 0.161. The Hall–Kier alpha value is -2.81. The summed E-state index contributed by atoms with van der Waals surface area (Å²) < 4.78 is 18.4. The smallest absolute Gasteiger partial charge is 0.355 e. The SMILES string of the molecule is COc1ccc(C(=O)CCC(=O)NCCc2nc(C(=O)O)cs2)cc1F. The number of ketones is 1. The largest absolute Gasteiger partial charge is 0.494 e. The van der Waals surface area contributed by atoms with Crippen LogP contribution in [0.1, 0.15) is 38.7 Å². The highest BCUT2D eigenvalue weighted by atomic mass is 32.1. The van der Waals surface area contributed by atoms with E-state index in [-0.39, 0.29) is 48.1 Å². The summed E-state index contributed by atoms with van der Waals surface area (Å²) in [5.74, 6) is -2.33. The lowest BCUT2D eigenvalue weighted by molar-refractivity contribution is -0.121. The van der Waals surface area contributed by atoms with Gasteiger partial charge in [0.05, 0.1) is 12.1 Å². The zero-order valence-corrected chi connectivity index (χ0v) is 14.8. The van der Waals surface area contributed by atoms with E-state index in [0.29, 0.717) is 11.4 Å². The Morgan fingerprint density at radius 1 is 1.31 bits per heavy atom. The van der Waals surface area contributed by atoms with Gasteiger partial charge in [0.1, 0.15) is 0 Å². The van der Waals surface area contributed by atoms with E-state index in [1.165, 1.54) is 36.0 Å². The van der Waals surface area contributed by atoms with Crippen molar-refractivity contribution < 1.29 is 28.6 Å². The van der Waals surface area contributed by atoms with Crippen LogP contribution in [0.2, 0.25) is 0 Å². The van der Waals surface area contributed by atoms with Crippen molar-refractivity contribution in [2.45, 2.75) is 19.3 Å². The highest BCUT2D eigenvalue weighted by molar-refractivity contribution is 7.09. The number of ether oxygens (including phenoxy) is 1. The number of rotatable bonds is 9. The van der Waals surface area contributed by atoms with Crippen molar-refractivity contribution in [1.29, 1.82) is 0 Å². The van der Waals surface area contributed by atoms with E-state index < -0.39 is 11.8 Å². The van der Waals surface area contributed by atoms with Gasteiger partial charge in [-0.3, -0.25) is 9.59 Å². The molecule has 0 spiro atoms. The second kappa shape index (κ2) is 9.04. The number of methoxy groups -OCH3 is 1. The Labute approximate surface area is 152 Å². The Balaban J connectivity index is 1.74. The molecule has 0 aliphatic carbocycles. The van der Waals surface area contributed by atoms with E-state index in [4.69, 9.17) is 9.84 Å². The third-order valence-corrected chi connectivity index (χ3v) is 4.39. The van der Waals surface area contributed by atoms with Gasteiger partial charge in [-0.1, -0.05) is 0 Å². The van der Waals surface area contributed by atoms with Crippen LogP contribution < -0.4 is 10.1 Å². The van der Waals surface area contributed by atoms with Gasteiger partial charge in [-0.15, -0.1) is 11.3 Å². The molecule has 0 fully saturated rings. The molecular weight excluding hydrogens is 363 g/mol. The first-order valence-electron chi connectivity index (χ1n) is 7.72. The van der Waals surface area contributed by atoms with Gasteiger partial charge in [0.2, 0.25) is 5.91 Å². The molecule has 1 aromatic heterocycles. The molecule has 0 aliphatic heterocycles. The summed E-state index contributed by atoms with van der Waals surface area (Å²) in [6, 6.07) is 3.90. The predicted molar refractivity (Wildman–Crippen MR) is 92.3 cm³/mol. The number of benzene rings is 1. The van der Waals surface area contributed by atoms with E-state index in [1.807, 2.05) is 0 Å². The van der Waals surface area contributed by atoms with E-state index in [1.54, 1.807) is 0 Å². The second-order valence-corrected chi connectivity index (χ2v) is 6.25. The topological polar surface area (TPSA) is 106 Å². The van der Waals surface area contributed by atoms with E-state index in [0.717, 1.165) is 6.07 Å². The van der Waals surface area contributed by atoms with Crippen molar-refractivity contribution in [1.82, 2.24) is 10.3 Å². The number of nitrogens with zero attached hydrogens (tertiary/aromatic N) is 1. The van der Waals surface area contributed by atoms with Gasteiger partial charge in [0.25, 0.3) is 0 Å². The highest BCUT2D eigenvalue weighted by Crippen LogP contribution is 2.18. The van der Waals surface area contributed by atoms with E-state index in [2.05, 4.69) is 10.3 Å². The maximum absolute atomic E-state index is 13.6. The lowest BCUT2D eigenvalue weighted by atomic mass is 10.1. The van der Waals surface area contributed by atoms with Gasteiger partial charge >= 0.3 is 5.97 Å². The number of nitrogens with one attached hydrogen (secondary N) is 1. The number of aromatic nitrogens is 1. The fourth-order valence-electron chi connectivity index (χ4n) is 2.13. The third-order valence-electron chi connectivity index (χ3n) is 3.48. The molecule has 26 heavy (non-hydrogen) atoms. The van der Waals surface area contributed by atoms with Crippen molar-refractivity contribution in [3.05, 3.63) is 45.7 Å². The summed E-state index contributed by atoms with van der Waals surface area (Å²) >= 11 is 1.21. The molecule has 0 atom stereocenters. The average molecular weight is 380 g/mol. The fraction of sp³-hybridized carbons (Fsp3) is 0.294. The molecule has 2 N–H and O–H groups in total. The van der Waals surface area contributed by atoms with Crippen molar-refractivity contribution in [2.24, 2.45) is 0 Å². The predicted octanol–water partition coefficient (Wildman–Crippen LogP) is 2.31. The quantitative estimate of drug-likeness (QED) is 0.647. The van der Waals surface area contributed by atoms with Crippen LogP contribution in [0.4, 0.5) is 4.39 Å². The van der Waals surface area contributed by atoms with Crippen LogP contribution >= 0.6 is 11.3 Å². The number of aromatic carboxylic acids is 1. The Bertz CT molecular complexity index is 821. The fourth-order valence-corrected chi connectivity index (χ4v) is 2.90. The number of carboxylic acid groups (broad SMARTS) is 1. The van der Waals surface area contributed by atoms with Gasteiger partial charge < -0.3 is 15.2 Å². The number of carbonyl (C=O) groups is 3. The van der Waals surface area contributed by atoms with E-state index >= 15 is 0 Å². The van der Waals surface area contributed by atoms with Crippen molar-refractivity contribution >= 4 is 29.0 Å². The van der Waals surface area contributed by atoms with Gasteiger partial charge in [-0.05, 0) is 18.2 Å². The van der Waals surface area contributed by atoms with Crippen LogP contribution in [-0.4, -0.2) is 41.4 Å². The number of carboxylic acids is 1. The second-order valence-electron chi connectivity index (χ2n) is 5.30.